The van der Waals surface area contributed by atoms with Gasteiger partial charge in [0.2, 0.25) is 0 Å². The minimum absolute atomic E-state index is 0.167. The fourth-order valence-electron chi connectivity index (χ4n) is 1.72. The summed E-state index contributed by atoms with van der Waals surface area (Å²) in [5, 5.41) is 0. The molecular formula is C14H9FI3NOS. The first-order valence-electron chi connectivity index (χ1n) is 5.74. The molecule has 0 atom stereocenters. The van der Waals surface area contributed by atoms with Crippen LogP contribution in [0.15, 0.2) is 30.3 Å². The highest BCUT2D eigenvalue weighted by Gasteiger charge is 2.11. The van der Waals surface area contributed by atoms with E-state index in [-0.39, 0.29) is 10.8 Å². The number of rotatable bonds is 4. The van der Waals surface area contributed by atoms with Crippen molar-refractivity contribution in [3.63, 3.8) is 0 Å². The Morgan fingerprint density at radius 1 is 1.14 bits per heavy atom. The van der Waals surface area contributed by atoms with Gasteiger partial charge in [-0.2, -0.15) is 0 Å². The second kappa shape index (κ2) is 7.68. The summed E-state index contributed by atoms with van der Waals surface area (Å²) in [6.45, 7) is 0.291. The Kier molecular flexibility index (Phi) is 6.44. The van der Waals surface area contributed by atoms with Crippen LogP contribution < -0.4 is 10.5 Å². The summed E-state index contributed by atoms with van der Waals surface area (Å²) in [5.74, 6) is 0.454. The van der Waals surface area contributed by atoms with Gasteiger partial charge in [-0.15, -0.1) is 0 Å². The van der Waals surface area contributed by atoms with Crippen molar-refractivity contribution in [1.82, 2.24) is 0 Å². The van der Waals surface area contributed by atoms with E-state index in [4.69, 9.17) is 22.7 Å². The van der Waals surface area contributed by atoms with Gasteiger partial charge in [-0.05, 0) is 97.6 Å². The molecular weight excluding hydrogens is 630 g/mol. The van der Waals surface area contributed by atoms with Crippen molar-refractivity contribution in [2.75, 3.05) is 0 Å². The van der Waals surface area contributed by atoms with Gasteiger partial charge >= 0.3 is 0 Å². The smallest absolute Gasteiger partial charge is 0.146 e. The summed E-state index contributed by atoms with van der Waals surface area (Å²) < 4.78 is 22.4. The van der Waals surface area contributed by atoms with Crippen molar-refractivity contribution in [3.05, 3.63) is 58.0 Å². The van der Waals surface area contributed by atoms with E-state index in [1.807, 2.05) is 12.1 Å². The number of halogens is 4. The molecule has 0 aliphatic rings. The monoisotopic (exact) mass is 639 g/mol. The molecule has 0 aliphatic heterocycles. The molecule has 110 valence electrons. The highest BCUT2D eigenvalue weighted by molar-refractivity contribution is 14.1. The van der Waals surface area contributed by atoms with Crippen LogP contribution in [0.2, 0.25) is 0 Å². The highest BCUT2D eigenvalue weighted by Crippen LogP contribution is 2.30. The second-order valence-electron chi connectivity index (χ2n) is 4.15. The standard InChI is InChI=1S/C14H9FI3NOS/c15-8-2-1-7(10(3-8)14(19)21)6-20-13-11(17)4-9(16)5-12(13)18/h1-5H,6H2,(H2,19,21). The van der Waals surface area contributed by atoms with Crippen LogP contribution in [0.5, 0.6) is 5.75 Å². The van der Waals surface area contributed by atoms with Crippen LogP contribution in [-0.2, 0) is 6.61 Å². The molecule has 7 heteroatoms. The molecule has 0 unspecified atom stereocenters. The maximum Gasteiger partial charge on any atom is 0.146 e. The van der Waals surface area contributed by atoms with Gasteiger partial charge in [-0.25, -0.2) is 4.39 Å². The lowest BCUT2D eigenvalue weighted by atomic mass is 10.1. The normalized spacial score (nSPS) is 10.5. The SMILES string of the molecule is NC(=S)c1cc(F)ccc1COc1c(I)cc(I)cc1I. The van der Waals surface area contributed by atoms with Gasteiger partial charge in [0.25, 0.3) is 0 Å². The summed E-state index contributed by atoms with van der Waals surface area (Å²) >= 11 is 11.7. The lowest BCUT2D eigenvalue weighted by Gasteiger charge is -2.13. The molecule has 0 saturated carbocycles. The van der Waals surface area contributed by atoms with Gasteiger partial charge in [0.1, 0.15) is 23.2 Å². The third kappa shape index (κ3) is 4.61. The molecule has 2 nitrogen and oxygen atoms in total. The fourth-order valence-corrected chi connectivity index (χ4v) is 5.80. The lowest BCUT2D eigenvalue weighted by Crippen LogP contribution is -2.14. The van der Waals surface area contributed by atoms with Crippen LogP contribution in [-0.4, -0.2) is 4.99 Å². The van der Waals surface area contributed by atoms with E-state index < -0.39 is 0 Å². The Bertz CT molecular complexity index is 686. The maximum absolute atomic E-state index is 13.3. The first kappa shape index (κ1) is 17.6. The summed E-state index contributed by atoms with van der Waals surface area (Å²) in [6.07, 6.45) is 0. The summed E-state index contributed by atoms with van der Waals surface area (Å²) in [4.78, 5) is 0.167. The summed E-state index contributed by atoms with van der Waals surface area (Å²) in [5.41, 5.74) is 6.92. The summed E-state index contributed by atoms with van der Waals surface area (Å²) in [7, 11) is 0. The quantitative estimate of drug-likeness (QED) is 0.384. The van der Waals surface area contributed by atoms with Crippen molar-refractivity contribution in [2.24, 2.45) is 5.73 Å². The number of ether oxygens (including phenoxy) is 1. The van der Waals surface area contributed by atoms with Crippen LogP contribution in [0.3, 0.4) is 0 Å². The predicted molar refractivity (Wildman–Crippen MR) is 111 cm³/mol. The zero-order chi connectivity index (χ0) is 15.6. The van der Waals surface area contributed by atoms with Crippen molar-refractivity contribution in [1.29, 1.82) is 0 Å². The molecule has 0 bridgehead atoms. The Morgan fingerprint density at radius 2 is 1.76 bits per heavy atom. The van der Waals surface area contributed by atoms with Gasteiger partial charge in [0.05, 0.1) is 7.14 Å². The molecule has 2 aromatic rings. The third-order valence-corrected chi connectivity index (χ3v) is 5.12. The zero-order valence-electron chi connectivity index (χ0n) is 10.5. The van der Waals surface area contributed by atoms with Crippen LogP contribution >= 0.6 is 80.0 Å². The first-order valence-corrected chi connectivity index (χ1v) is 9.38. The van der Waals surface area contributed by atoms with Crippen molar-refractivity contribution in [2.45, 2.75) is 6.61 Å². The number of hydrogen-bond acceptors (Lipinski definition) is 2. The molecule has 0 heterocycles. The van der Waals surface area contributed by atoms with Crippen molar-refractivity contribution < 1.29 is 9.13 Å². The van der Waals surface area contributed by atoms with Crippen LogP contribution in [0.4, 0.5) is 4.39 Å². The Balaban J connectivity index is 2.27. The number of thiocarbonyl (C=S) groups is 1. The first-order chi connectivity index (χ1) is 9.88. The van der Waals surface area contributed by atoms with Crippen LogP contribution in [0, 0.1) is 16.5 Å². The van der Waals surface area contributed by atoms with Gasteiger partial charge in [0.15, 0.2) is 0 Å². The highest BCUT2D eigenvalue weighted by atomic mass is 127. The van der Waals surface area contributed by atoms with Crippen LogP contribution in [0.25, 0.3) is 0 Å². The van der Waals surface area contributed by atoms with Crippen LogP contribution in [0.1, 0.15) is 11.1 Å². The molecule has 21 heavy (non-hydrogen) atoms. The molecule has 0 spiro atoms. The molecule has 2 rings (SSSR count). The predicted octanol–water partition coefficient (Wildman–Crippen LogP) is 4.85. The zero-order valence-corrected chi connectivity index (χ0v) is 17.8. The van der Waals surface area contributed by atoms with Gasteiger partial charge in [-0.1, -0.05) is 18.3 Å². The third-order valence-electron chi connectivity index (χ3n) is 2.67. The number of nitrogens with two attached hydrogens (primary N) is 1. The molecule has 0 aliphatic carbocycles. The topological polar surface area (TPSA) is 35.2 Å². The number of benzene rings is 2. The minimum Gasteiger partial charge on any atom is -0.487 e. The maximum atomic E-state index is 13.3. The molecule has 0 aromatic heterocycles. The molecule has 0 saturated heterocycles. The molecule has 2 N–H and O–H groups in total. The second-order valence-corrected chi connectivity index (χ2v) is 8.16. The van der Waals surface area contributed by atoms with E-state index in [1.54, 1.807) is 6.07 Å². The van der Waals surface area contributed by atoms with Gasteiger partial charge < -0.3 is 10.5 Å². The molecule has 0 amide bonds. The van der Waals surface area contributed by atoms with E-state index in [1.165, 1.54) is 12.1 Å². The van der Waals surface area contributed by atoms with E-state index in [9.17, 15) is 4.39 Å². The van der Waals surface area contributed by atoms with E-state index in [2.05, 4.69) is 67.8 Å². The molecule has 0 radical (unpaired) electrons. The Morgan fingerprint density at radius 3 is 2.33 bits per heavy atom. The van der Waals surface area contributed by atoms with Gasteiger partial charge in [-0.3, -0.25) is 0 Å². The largest absolute Gasteiger partial charge is 0.487 e. The average molecular weight is 639 g/mol. The van der Waals surface area contributed by atoms with Gasteiger partial charge in [0, 0.05) is 9.13 Å². The molecule has 0 fully saturated rings. The summed E-state index contributed by atoms with van der Waals surface area (Å²) in [6, 6.07) is 8.45. The number of hydrogen-bond donors (Lipinski definition) is 1. The average Bonchev–Trinajstić information content (AvgIpc) is 2.38. The Labute approximate surface area is 168 Å². The van der Waals surface area contributed by atoms with E-state index >= 15 is 0 Å². The Hall–Kier alpha value is 0.250. The van der Waals surface area contributed by atoms with E-state index in [0.717, 1.165) is 22.0 Å². The van der Waals surface area contributed by atoms with E-state index in [0.29, 0.717) is 12.2 Å². The molecule has 2 aromatic carbocycles. The fraction of sp³-hybridized carbons (Fsp3) is 0.0714. The minimum atomic E-state index is -0.361. The van der Waals surface area contributed by atoms with Crippen molar-refractivity contribution in [3.8, 4) is 5.75 Å². The van der Waals surface area contributed by atoms with Crippen molar-refractivity contribution >= 4 is 85.0 Å². The lowest BCUT2D eigenvalue weighted by molar-refractivity contribution is 0.301.